The number of benzene rings is 2. The predicted molar refractivity (Wildman–Crippen MR) is 123 cm³/mol. The van der Waals surface area contributed by atoms with Gasteiger partial charge in [0.1, 0.15) is 5.82 Å². The van der Waals surface area contributed by atoms with Crippen LogP contribution in [0.25, 0.3) is 6.08 Å². The molecule has 8 heteroatoms. The highest BCUT2D eigenvalue weighted by Gasteiger charge is 2.33. The van der Waals surface area contributed by atoms with Gasteiger partial charge in [0.15, 0.2) is 4.80 Å². The fraction of sp³-hybridized carbons (Fsp3) is 0.208. The van der Waals surface area contributed by atoms with Crippen LogP contribution in [0, 0.1) is 12.7 Å². The van der Waals surface area contributed by atoms with E-state index in [9.17, 15) is 14.0 Å². The normalized spacial score (nSPS) is 16.0. The third kappa shape index (κ3) is 3.94. The van der Waals surface area contributed by atoms with Crippen molar-refractivity contribution in [3.8, 4) is 0 Å². The number of ether oxygens (including phenoxy) is 1. The van der Waals surface area contributed by atoms with E-state index in [1.807, 2.05) is 31.2 Å². The number of halogens is 2. The first-order chi connectivity index (χ1) is 15.3. The Morgan fingerprint density at radius 1 is 1.25 bits per heavy atom. The summed E-state index contributed by atoms with van der Waals surface area (Å²) in [6.07, 6.45) is 1.43. The van der Waals surface area contributed by atoms with Crippen LogP contribution in [0.1, 0.15) is 36.6 Å². The van der Waals surface area contributed by atoms with E-state index in [0.29, 0.717) is 16.1 Å². The van der Waals surface area contributed by atoms with E-state index in [0.717, 1.165) is 22.5 Å². The molecule has 0 saturated heterocycles. The fourth-order valence-corrected chi connectivity index (χ4v) is 4.88. The van der Waals surface area contributed by atoms with Crippen LogP contribution in [0.5, 0.6) is 0 Å². The SMILES string of the molecule is CCOC(=O)C1=C(C)N=c2s/c(=C\c3c(F)cccc3Cl)c(=O)n2C1c1ccc(C)cc1. The zero-order chi connectivity index (χ0) is 23.0. The molecule has 3 aromatic rings. The lowest BCUT2D eigenvalue weighted by Gasteiger charge is -2.24. The van der Waals surface area contributed by atoms with Crippen LogP contribution < -0.4 is 14.9 Å². The Morgan fingerprint density at radius 3 is 2.62 bits per heavy atom. The lowest BCUT2D eigenvalue weighted by molar-refractivity contribution is -0.139. The third-order valence-corrected chi connectivity index (χ3v) is 6.50. The molecule has 0 bridgehead atoms. The molecule has 32 heavy (non-hydrogen) atoms. The van der Waals surface area contributed by atoms with Gasteiger partial charge in [-0.25, -0.2) is 14.2 Å². The summed E-state index contributed by atoms with van der Waals surface area (Å²) in [6.45, 7) is 5.60. The molecule has 1 atom stereocenters. The molecule has 4 rings (SSSR count). The Morgan fingerprint density at radius 2 is 1.97 bits per heavy atom. The number of carbonyl (C=O) groups is 1. The first kappa shape index (κ1) is 22.2. The van der Waals surface area contributed by atoms with Crippen LogP contribution >= 0.6 is 22.9 Å². The van der Waals surface area contributed by atoms with E-state index in [-0.39, 0.29) is 27.3 Å². The minimum absolute atomic E-state index is 0.132. The highest BCUT2D eigenvalue weighted by atomic mass is 35.5. The van der Waals surface area contributed by atoms with Crippen molar-refractivity contribution >= 4 is 35.0 Å². The fourth-order valence-electron chi connectivity index (χ4n) is 3.64. The van der Waals surface area contributed by atoms with E-state index in [2.05, 4.69) is 4.99 Å². The van der Waals surface area contributed by atoms with Gasteiger partial charge >= 0.3 is 5.97 Å². The molecule has 0 N–H and O–H groups in total. The summed E-state index contributed by atoms with van der Waals surface area (Å²) in [5, 5.41) is 0.203. The maximum absolute atomic E-state index is 14.3. The van der Waals surface area contributed by atoms with Crippen LogP contribution in [0.3, 0.4) is 0 Å². The van der Waals surface area contributed by atoms with Crippen molar-refractivity contribution < 1.29 is 13.9 Å². The quantitative estimate of drug-likeness (QED) is 0.543. The number of carbonyl (C=O) groups excluding carboxylic acids is 1. The Kier molecular flexibility index (Phi) is 6.13. The second kappa shape index (κ2) is 8.84. The second-order valence-corrected chi connectivity index (χ2v) is 8.76. The largest absolute Gasteiger partial charge is 0.463 e. The first-order valence-corrected chi connectivity index (χ1v) is 11.2. The number of esters is 1. The lowest BCUT2D eigenvalue weighted by atomic mass is 9.95. The molecular weight excluding hydrogens is 451 g/mol. The molecule has 164 valence electrons. The number of hydrogen-bond acceptors (Lipinski definition) is 5. The molecule has 0 amide bonds. The molecule has 0 saturated carbocycles. The van der Waals surface area contributed by atoms with E-state index < -0.39 is 17.8 Å². The van der Waals surface area contributed by atoms with Crippen molar-refractivity contribution in [1.82, 2.24) is 4.57 Å². The summed E-state index contributed by atoms with van der Waals surface area (Å²) < 4.78 is 21.3. The van der Waals surface area contributed by atoms with E-state index in [1.165, 1.54) is 22.8 Å². The molecule has 0 spiro atoms. The third-order valence-electron chi connectivity index (χ3n) is 5.19. The first-order valence-electron chi connectivity index (χ1n) is 10.0. The number of thiazole rings is 1. The number of allylic oxidation sites excluding steroid dienone is 1. The zero-order valence-electron chi connectivity index (χ0n) is 17.7. The molecular formula is C24H20ClFN2O3S. The number of hydrogen-bond donors (Lipinski definition) is 0. The van der Waals surface area contributed by atoms with E-state index in [1.54, 1.807) is 19.9 Å². The Bertz CT molecular complexity index is 1400. The molecule has 5 nitrogen and oxygen atoms in total. The van der Waals surface area contributed by atoms with E-state index in [4.69, 9.17) is 16.3 Å². The summed E-state index contributed by atoms with van der Waals surface area (Å²) in [4.78, 5) is 31.2. The highest BCUT2D eigenvalue weighted by molar-refractivity contribution is 7.07. The lowest BCUT2D eigenvalue weighted by Crippen LogP contribution is -2.40. The van der Waals surface area contributed by atoms with Crippen LogP contribution in [0.4, 0.5) is 4.39 Å². The van der Waals surface area contributed by atoms with Gasteiger partial charge in [0.2, 0.25) is 0 Å². The highest BCUT2D eigenvalue weighted by Crippen LogP contribution is 2.31. The van der Waals surface area contributed by atoms with Gasteiger partial charge in [-0.2, -0.15) is 0 Å². The Hall–Kier alpha value is -3.03. The van der Waals surface area contributed by atoms with Gasteiger partial charge in [0.25, 0.3) is 5.56 Å². The minimum atomic E-state index is -0.704. The topological polar surface area (TPSA) is 60.7 Å². The number of aryl methyl sites for hydroxylation is 1. The van der Waals surface area contributed by atoms with Gasteiger partial charge in [0.05, 0.1) is 33.5 Å². The molecule has 0 radical (unpaired) electrons. The average molecular weight is 471 g/mol. The molecule has 0 aliphatic carbocycles. The summed E-state index contributed by atoms with van der Waals surface area (Å²) in [6, 6.07) is 11.2. The van der Waals surface area contributed by atoms with Gasteiger partial charge < -0.3 is 4.74 Å². The molecule has 2 heterocycles. The van der Waals surface area contributed by atoms with Crippen LogP contribution in [-0.4, -0.2) is 17.1 Å². The van der Waals surface area contributed by atoms with Crippen molar-refractivity contribution in [2.75, 3.05) is 6.61 Å². The second-order valence-electron chi connectivity index (χ2n) is 7.35. The van der Waals surface area contributed by atoms with Gasteiger partial charge in [-0.1, -0.05) is 58.8 Å². The summed E-state index contributed by atoms with van der Waals surface area (Å²) >= 11 is 7.28. The van der Waals surface area contributed by atoms with Crippen LogP contribution in [0.15, 0.2) is 63.5 Å². The number of nitrogens with zero attached hydrogens (tertiary/aromatic N) is 2. The summed E-state index contributed by atoms with van der Waals surface area (Å²) in [5.74, 6) is -1.05. The van der Waals surface area contributed by atoms with Crippen molar-refractivity contribution in [3.05, 3.63) is 101 Å². The maximum Gasteiger partial charge on any atom is 0.338 e. The predicted octanol–water partition coefficient (Wildman–Crippen LogP) is 3.90. The Balaban J connectivity index is 1.99. The number of rotatable bonds is 4. The molecule has 2 aromatic carbocycles. The van der Waals surface area contributed by atoms with Crippen molar-refractivity contribution in [2.45, 2.75) is 26.8 Å². The zero-order valence-corrected chi connectivity index (χ0v) is 19.3. The smallest absolute Gasteiger partial charge is 0.338 e. The van der Waals surface area contributed by atoms with Crippen molar-refractivity contribution in [1.29, 1.82) is 0 Å². The van der Waals surface area contributed by atoms with Gasteiger partial charge in [-0.05, 0) is 44.5 Å². The van der Waals surface area contributed by atoms with Gasteiger partial charge in [-0.3, -0.25) is 9.36 Å². The Labute approximate surface area is 192 Å². The molecule has 1 aliphatic heterocycles. The summed E-state index contributed by atoms with van der Waals surface area (Å²) in [7, 11) is 0. The van der Waals surface area contributed by atoms with Crippen molar-refractivity contribution in [2.24, 2.45) is 4.99 Å². The standard InChI is InChI=1S/C24H20ClFN2O3S/c1-4-31-23(30)20-14(3)27-24-28(21(20)15-10-8-13(2)9-11-15)22(29)19(32-24)12-16-17(25)6-5-7-18(16)26/h5-12,21H,4H2,1-3H3/b19-12-. The van der Waals surface area contributed by atoms with Crippen LogP contribution in [-0.2, 0) is 9.53 Å². The molecule has 1 aromatic heterocycles. The van der Waals surface area contributed by atoms with Gasteiger partial charge in [0, 0.05) is 5.56 Å². The van der Waals surface area contributed by atoms with Crippen molar-refractivity contribution in [3.63, 3.8) is 0 Å². The maximum atomic E-state index is 14.3. The van der Waals surface area contributed by atoms with Crippen LogP contribution in [0.2, 0.25) is 5.02 Å². The average Bonchev–Trinajstić information content (AvgIpc) is 3.05. The minimum Gasteiger partial charge on any atom is -0.463 e. The van der Waals surface area contributed by atoms with Gasteiger partial charge in [-0.15, -0.1) is 0 Å². The van der Waals surface area contributed by atoms with E-state index >= 15 is 0 Å². The molecule has 1 unspecified atom stereocenters. The monoisotopic (exact) mass is 470 g/mol. The molecule has 0 fully saturated rings. The summed E-state index contributed by atoms with van der Waals surface area (Å²) in [5.41, 5.74) is 2.34. The number of fused-ring (bicyclic) bond motifs is 1. The molecule has 1 aliphatic rings. The number of aromatic nitrogens is 1.